The summed E-state index contributed by atoms with van der Waals surface area (Å²) in [5.74, 6) is -0.634. The van der Waals surface area contributed by atoms with Crippen LogP contribution in [0.1, 0.15) is 5.56 Å². The minimum atomic E-state index is -0.634. The van der Waals surface area contributed by atoms with Crippen LogP contribution in [0.15, 0.2) is 88.6 Å². The largest absolute Gasteiger partial charge is 0.466 e. The second-order valence-electron chi connectivity index (χ2n) is 5.52. The zero-order chi connectivity index (χ0) is 19.8. The number of hydrogen-bond acceptors (Lipinski definition) is 6. The van der Waals surface area contributed by atoms with E-state index in [9.17, 15) is 9.59 Å². The number of methoxy groups -OCH3 is 1. The molecule has 2 aromatic carbocycles. The molecule has 0 saturated carbocycles. The molecular weight excluding hydrogens is 374 g/mol. The van der Waals surface area contributed by atoms with Crippen LogP contribution in [0.3, 0.4) is 0 Å². The summed E-state index contributed by atoms with van der Waals surface area (Å²) in [7, 11) is 1.25. The summed E-state index contributed by atoms with van der Waals surface area (Å²) in [6.45, 7) is 0. The summed E-state index contributed by atoms with van der Waals surface area (Å²) >= 11 is 0.907. The molecule has 1 aliphatic heterocycles. The minimum Gasteiger partial charge on any atom is -0.466 e. The van der Waals surface area contributed by atoms with Crippen molar-refractivity contribution in [3.05, 3.63) is 84.1 Å². The van der Waals surface area contributed by atoms with E-state index >= 15 is 0 Å². The minimum absolute atomic E-state index is 0.0934. The monoisotopic (exact) mass is 391 g/mol. The molecule has 0 aliphatic carbocycles. The number of aliphatic imine (C=N–C) groups is 1. The molecule has 1 fully saturated rings. The van der Waals surface area contributed by atoms with Crippen molar-refractivity contribution < 1.29 is 14.3 Å². The lowest BCUT2D eigenvalue weighted by Crippen LogP contribution is -2.18. The van der Waals surface area contributed by atoms with Crippen molar-refractivity contribution >= 4 is 46.0 Å². The Bertz CT molecular complexity index is 967. The van der Waals surface area contributed by atoms with Gasteiger partial charge in [-0.15, -0.1) is 0 Å². The maximum atomic E-state index is 12.4. The number of allylic oxidation sites excluding steroid dienone is 1. The van der Waals surface area contributed by atoms with E-state index in [4.69, 9.17) is 0 Å². The number of carbonyl (C=O) groups excluding carboxylic acids is 2. The number of amidine groups is 1. The van der Waals surface area contributed by atoms with Gasteiger partial charge in [0.2, 0.25) is 5.12 Å². The molecule has 3 rings (SSSR count). The molecule has 0 unspecified atom stereocenters. The Kier molecular flexibility index (Phi) is 6.54. The van der Waals surface area contributed by atoms with E-state index in [1.165, 1.54) is 18.3 Å². The number of benzene rings is 2. The van der Waals surface area contributed by atoms with Crippen molar-refractivity contribution in [3.8, 4) is 0 Å². The van der Waals surface area contributed by atoms with Crippen molar-refractivity contribution in [2.75, 3.05) is 7.11 Å². The second kappa shape index (κ2) is 9.48. The van der Waals surface area contributed by atoms with Crippen molar-refractivity contribution in [2.45, 2.75) is 0 Å². The van der Waals surface area contributed by atoms with Gasteiger partial charge in [0.1, 0.15) is 5.70 Å². The molecule has 0 spiro atoms. The van der Waals surface area contributed by atoms with Crippen LogP contribution >= 0.6 is 11.8 Å². The van der Waals surface area contributed by atoms with Crippen molar-refractivity contribution in [3.63, 3.8) is 0 Å². The predicted octanol–water partition coefficient (Wildman–Crippen LogP) is 4.01. The van der Waals surface area contributed by atoms with Crippen LogP contribution in [0.4, 0.5) is 5.69 Å². The normalized spacial score (nSPS) is 17.3. The fourth-order valence-corrected chi connectivity index (χ4v) is 3.08. The highest BCUT2D eigenvalue weighted by Crippen LogP contribution is 2.31. The third-order valence-corrected chi connectivity index (χ3v) is 4.44. The second-order valence-corrected chi connectivity index (χ2v) is 6.46. The van der Waals surface area contributed by atoms with Gasteiger partial charge in [0.05, 0.1) is 18.9 Å². The van der Waals surface area contributed by atoms with Crippen LogP contribution < -0.4 is 0 Å². The van der Waals surface area contributed by atoms with E-state index in [2.05, 4.69) is 14.8 Å². The first-order chi connectivity index (χ1) is 13.7. The fourth-order valence-electron chi connectivity index (χ4n) is 2.28. The van der Waals surface area contributed by atoms with Gasteiger partial charge in [-0.05, 0) is 35.5 Å². The van der Waals surface area contributed by atoms with Gasteiger partial charge in [0.25, 0.3) is 0 Å². The van der Waals surface area contributed by atoms with Gasteiger partial charge in [-0.1, -0.05) is 54.6 Å². The van der Waals surface area contributed by atoms with Gasteiger partial charge < -0.3 is 4.74 Å². The quantitative estimate of drug-likeness (QED) is 0.438. The van der Waals surface area contributed by atoms with Gasteiger partial charge in [-0.25, -0.2) is 14.8 Å². The smallest absolute Gasteiger partial charge is 0.332 e. The van der Waals surface area contributed by atoms with Gasteiger partial charge >= 0.3 is 5.97 Å². The molecule has 7 heteroatoms. The lowest BCUT2D eigenvalue weighted by molar-refractivity contribution is -0.135. The number of para-hydroxylation sites is 1. The van der Waals surface area contributed by atoms with Crippen LogP contribution in [0.25, 0.3) is 6.08 Å². The SMILES string of the molecule is COC(=O)/C=C1\C(=O)SC(=Nc2ccccc2)N1/N=C/C=C/c1ccccc1. The Balaban J connectivity index is 1.89. The number of esters is 1. The molecule has 0 amide bonds. The van der Waals surface area contributed by atoms with Gasteiger partial charge in [0.15, 0.2) is 5.17 Å². The van der Waals surface area contributed by atoms with E-state index in [-0.39, 0.29) is 10.8 Å². The van der Waals surface area contributed by atoms with Crippen LogP contribution in [0, 0.1) is 0 Å². The number of thioether (sulfide) groups is 1. The molecule has 0 radical (unpaired) electrons. The first kappa shape index (κ1) is 19.3. The highest BCUT2D eigenvalue weighted by molar-refractivity contribution is 8.27. The average molecular weight is 391 g/mol. The standard InChI is InChI=1S/C21H17N3O3S/c1-27-19(25)15-18-20(26)28-21(23-17-12-6-3-7-13-17)24(18)22-14-8-11-16-9-4-2-5-10-16/h2-15H,1H3/b11-8+,18-15+,22-14+,23-21?. The van der Waals surface area contributed by atoms with Gasteiger partial charge in [-0.2, -0.15) is 5.10 Å². The molecule has 0 aromatic heterocycles. The zero-order valence-corrected chi connectivity index (χ0v) is 15.9. The summed E-state index contributed by atoms with van der Waals surface area (Å²) in [6.07, 6.45) is 6.28. The maximum Gasteiger partial charge on any atom is 0.332 e. The lowest BCUT2D eigenvalue weighted by Gasteiger charge is -2.11. The van der Waals surface area contributed by atoms with E-state index < -0.39 is 5.97 Å². The van der Waals surface area contributed by atoms with Crippen molar-refractivity contribution in [1.29, 1.82) is 0 Å². The topological polar surface area (TPSA) is 71.3 Å². The Labute approximate surface area is 166 Å². The van der Waals surface area contributed by atoms with Gasteiger partial charge in [-0.3, -0.25) is 4.79 Å². The molecule has 2 aromatic rings. The van der Waals surface area contributed by atoms with E-state index in [1.54, 1.807) is 6.08 Å². The van der Waals surface area contributed by atoms with Crippen LogP contribution in [-0.2, 0) is 14.3 Å². The van der Waals surface area contributed by atoms with Crippen LogP contribution in [0.5, 0.6) is 0 Å². The molecule has 28 heavy (non-hydrogen) atoms. The maximum absolute atomic E-state index is 12.4. The molecule has 1 aliphatic rings. The predicted molar refractivity (Wildman–Crippen MR) is 112 cm³/mol. The van der Waals surface area contributed by atoms with Gasteiger partial charge in [0, 0.05) is 6.21 Å². The molecular formula is C21H17N3O3S. The molecule has 140 valence electrons. The van der Waals surface area contributed by atoms with Crippen LogP contribution in [-0.4, -0.2) is 34.6 Å². The molecule has 1 heterocycles. The van der Waals surface area contributed by atoms with E-state index in [1.807, 2.05) is 66.7 Å². The van der Waals surface area contributed by atoms with E-state index in [0.717, 1.165) is 23.4 Å². The molecule has 1 saturated heterocycles. The Hall–Kier alpha value is -3.45. The summed E-state index contributed by atoms with van der Waals surface area (Å²) in [5.41, 5.74) is 1.79. The number of ether oxygens (including phenoxy) is 1. The molecule has 0 bridgehead atoms. The Morgan fingerprint density at radius 2 is 1.75 bits per heavy atom. The fraction of sp³-hybridized carbons (Fsp3) is 0.0476. The summed E-state index contributed by atoms with van der Waals surface area (Å²) < 4.78 is 4.64. The summed E-state index contributed by atoms with van der Waals surface area (Å²) in [5, 5.41) is 5.68. The Morgan fingerprint density at radius 1 is 1.07 bits per heavy atom. The third-order valence-electron chi connectivity index (χ3n) is 3.60. The van der Waals surface area contributed by atoms with E-state index in [0.29, 0.717) is 10.9 Å². The third kappa shape index (κ3) is 5.05. The molecule has 0 atom stereocenters. The number of hydrazone groups is 1. The Morgan fingerprint density at radius 3 is 2.43 bits per heavy atom. The molecule has 0 N–H and O–H groups in total. The highest BCUT2D eigenvalue weighted by Gasteiger charge is 2.34. The summed E-state index contributed by atoms with van der Waals surface area (Å²) in [6, 6.07) is 19.0. The number of carbonyl (C=O) groups is 2. The van der Waals surface area contributed by atoms with Crippen molar-refractivity contribution in [1.82, 2.24) is 5.01 Å². The van der Waals surface area contributed by atoms with Crippen LogP contribution in [0.2, 0.25) is 0 Å². The summed E-state index contributed by atoms with van der Waals surface area (Å²) in [4.78, 5) is 28.5. The number of nitrogens with zero attached hydrogens (tertiary/aromatic N) is 3. The highest BCUT2D eigenvalue weighted by atomic mass is 32.2. The lowest BCUT2D eigenvalue weighted by atomic mass is 10.2. The molecule has 6 nitrogen and oxygen atoms in total. The van der Waals surface area contributed by atoms with Crippen molar-refractivity contribution in [2.24, 2.45) is 10.1 Å². The number of rotatable bonds is 5. The number of hydrogen-bond donors (Lipinski definition) is 0. The first-order valence-electron chi connectivity index (χ1n) is 8.39. The average Bonchev–Trinajstić information content (AvgIpc) is 3.01. The first-order valence-corrected chi connectivity index (χ1v) is 9.20. The zero-order valence-electron chi connectivity index (χ0n) is 15.1.